The topological polar surface area (TPSA) is 37.8 Å². The van der Waals surface area contributed by atoms with E-state index in [2.05, 4.69) is 14.7 Å². The van der Waals surface area contributed by atoms with E-state index in [-0.39, 0.29) is 0 Å². The van der Waals surface area contributed by atoms with Crippen molar-refractivity contribution in [2.75, 3.05) is 12.4 Å². The summed E-state index contributed by atoms with van der Waals surface area (Å²) in [5, 5.41) is 4.55. The molecule has 5 heteroatoms. The van der Waals surface area contributed by atoms with Crippen molar-refractivity contribution in [3.63, 3.8) is 0 Å². The Morgan fingerprint density at radius 1 is 1.40 bits per heavy atom. The van der Waals surface area contributed by atoms with E-state index in [1.54, 1.807) is 0 Å². The van der Waals surface area contributed by atoms with Gasteiger partial charge in [0.05, 0.1) is 0 Å². The molecule has 0 aliphatic rings. The van der Waals surface area contributed by atoms with Gasteiger partial charge in [-0.15, -0.1) is 0 Å². The van der Waals surface area contributed by atoms with E-state index in [4.69, 9.17) is 11.6 Å². The van der Waals surface area contributed by atoms with Crippen LogP contribution in [-0.4, -0.2) is 16.4 Å². The molecule has 78 valence electrons. The van der Waals surface area contributed by atoms with Crippen molar-refractivity contribution in [1.29, 1.82) is 0 Å². The second-order valence-electron chi connectivity index (χ2n) is 3.03. The third-order valence-electron chi connectivity index (χ3n) is 1.99. The second-order valence-corrected chi connectivity index (χ2v) is 4.19. The number of halogens is 1. The maximum Gasteiger partial charge on any atom is 0.202 e. The van der Waals surface area contributed by atoms with Gasteiger partial charge in [0.2, 0.25) is 5.13 Å². The van der Waals surface area contributed by atoms with Gasteiger partial charge in [0.1, 0.15) is 5.82 Å². The largest absolute Gasteiger partial charge is 0.363 e. The number of benzene rings is 1. The third kappa shape index (κ3) is 2.46. The molecule has 3 nitrogen and oxygen atoms in total. The zero-order valence-electron chi connectivity index (χ0n) is 8.20. The molecule has 0 radical (unpaired) electrons. The molecule has 0 atom stereocenters. The monoisotopic (exact) mass is 239 g/mol. The van der Waals surface area contributed by atoms with Crippen molar-refractivity contribution in [2.45, 2.75) is 6.42 Å². The van der Waals surface area contributed by atoms with Gasteiger partial charge >= 0.3 is 0 Å². The average molecular weight is 240 g/mol. The van der Waals surface area contributed by atoms with Crippen LogP contribution in [0.2, 0.25) is 5.02 Å². The fraction of sp³-hybridized carbons (Fsp3) is 0.200. The molecule has 0 spiro atoms. The molecule has 0 unspecified atom stereocenters. The second kappa shape index (κ2) is 4.59. The molecule has 1 aromatic carbocycles. The summed E-state index contributed by atoms with van der Waals surface area (Å²) < 4.78 is 4.23. The van der Waals surface area contributed by atoms with Gasteiger partial charge < -0.3 is 5.32 Å². The predicted octanol–water partition coefficient (Wildman–Crippen LogP) is 2.82. The van der Waals surface area contributed by atoms with Crippen molar-refractivity contribution in [1.82, 2.24) is 9.36 Å². The van der Waals surface area contributed by atoms with Crippen LogP contribution < -0.4 is 5.32 Å². The van der Waals surface area contributed by atoms with E-state index >= 15 is 0 Å². The van der Waals surface area contributed by atoms with Crippen molar-refractivity contribution in [3.8, 4) is 0 Å². The van der Waals surface area contributed by atoms with Crippen molar-refractivity contribution >= 4 is 28.3 Å². The Morgan fingerprint density at radius 3 is 2.87 bits per heavy atom. The van der Waals surface area contributed by atoms with E-state index in [1.807, 2.05) is 31.3 Å². The van der Waals surface area contributed by atoms with E-state index < -0.39 is 0 Å². The highest BCUT2D eigenvalue weighted by atomic mass is 35.5. The van der Waals surface area contributed by atoms with Gasteiger partial charge in [-0.05, 0) is 11.6 Å². The molecule has 2 rings (SSSR count). The average Bonchev–Trinajstić information content (AvgIpc) is 2.69. The molecule has 1 aromatic heterocycles. The summed E-state index contributed by atoms with van der Waals surface area (Å²) in [6.07, 6.45) is 0.678. The number of nitrogens with zero attached hydrogens (tertiary/aromatic N) is 2. The van der Waals surface area contributed by atoms with Crippen LogP contribution in [0.4, 0.5) is 5.13 Å². The zero-order valence-corrected chi connectivity index (χ0v) is 9.77. The maximum atomic E-state index is 6.05. The van der Waals surface area contributed by atoms with E-state index in [1.165, 1.54) is 11.5 Å². The lowest BCUT2D eigenvalue weighted by atomic mass is 10.1. The number of aromatic nitrogens is 2. The Labute approximate surface area is 97.3 Å². The van der Waals surface area contributed by atoms with Gasteiger partial charge in [-0.3, -0.25) is 0 Å². The molecular formula is C10H10ClN3S. The van der Waals surface area contributed by atoms with E-state index in [0.29, 0.717) is 6.42 Å². The smallest absolute Gasteiger partial charge is 0.202 e. The fourth-order valence-corrected chi connectivity index (χ4v) is 1.98. The summed E-state index contributed by atoms with van der Waals surface area (Å²) in [5.41, 5.74) is 1.06. The van der Waals surface area contributed by atoms with Crippen LogP contribution in [0.3, 0.4) is 0 Å². The van der Waals surface area contributed by atoms with E-state index in [9.17, 15) is 0 Å². The van der Waals surface area contributed by atoms with Crippen LogP contribution >= 0.6 is 23.1 Å². The Bertz CT molecular complexity index is 455. The summed E-state index contributed by atoms with van der Waals surface area (Å²) in [4.78, 5) is 4.30. The third-order valence-corrected chi connectivity index (χ3v) is 3.13. The van der Waals surface area contributed by atoms with Gasteiger partial charge in [0.15, 0.2) is 0 Å². The van der Waals surface area contributed by atoms with Gasteiger partial charge in [0.25, 0.3) is 0 Å². The first-order chi connectivity index (χ1) is 7.29. The van der Waals surface area contributed by atoms with Crippen LogP contribution in [-0.2, 0) is 6.42 Å². The van der Waals surface area contributed by atoms with Crippen LogP contribution in [0.25, 0.3) is 0 Å². The minimum absolute atomic E-state index is 0.678. The Kier molecular flexibility index (Phi) is 3.18. The van der Waals surface area contributed by atoms with Gasteiger partial charge in [-0.1, -0.05) is 29.8 Å². The normalized spacial score (nSPS) is 10.3. The minimum atomic E-state index is 0.678. The molecule has 0 saturated carbocycles. The van der Waals surface area contributed by atoms with Gasteiger partial charge in [0, 0.05) is 30.0 Å². The standard InChI is InChI=1S/C10H10ClN3S/c1-12-10-13-9(14-15-10)6-7-4-2-3-5-8(7)11/h2-5H,6H2,1H3,(H,12,13,14). The highest BCUT2D eigenvalue weighted by Gasteiger charge is 2.05. The molecule has 0 aliphatic carbocycles. The quantitative estimate of drug-likeness (QED) is 0.895. The Balaban J connectivity index is 2.18. The molecule has 1 heterocycles. The van der Waals surface area contributed by atoms with Crippen molar-refractivity contribution < 1.29 is 0 Å². The number of nitrogens with one attached hydrogen (secondary N) is 1. The molecule has 1 N–H and O–H groups in total. The predicted molar refractivity (Wildman–Crippen MR) is 63.7 cm³/mol. The zero-order chi connectivity index (χ0) is 10.7. The Morgan fingerprint density at radius 2 is 2.20 bits per heavy atom. The summed E-state index contributed by atoms with van der Waals surface area (Å²) >= 11 is 7.41. The van der Waals surface area contributed by atoms with E-state index in [0.717, 1.165) is 21.5 Å². The number of hydrogen-bond donors (Lipinski definition) is 1. The lowest BCUT2D eigenvalue weighted by Crippen LogP contribution is -1.92. The highest BCUT2D eigenvalue weighted by Crippen LogP contribution is 2.19. The summed E-state index contributed by atoms with van der Waals surface area (Å²) in [6.45, 7) is 0. The van der Waals surface area contributed by atoms with Crippen LogP contribution in [0.15, 0.2) is 24.3 Å². The Hall–Kier alpha value is -1.13. The summed E-state index contributed by atoms with van der Waals surface area (Å²) in [7, 11) is 1.83. The summed E-state index contributed by atoms with van der Waals surface area (Å²) in [6, 6.07) is 7.75. The first-order valence-corrected chi connectivity index (χ1v) is 5.68. The molecule has 0 bridgehead atoms. The van der Waals surface area contributed by atoms with Crippen LogP contribution in [0, 0.1) is 0 Å². The molecule has 0 saturated heterocycles. The SMILES string of the molecule is CNc1nc(Cc2ccccc2Cl)ns1. The maximum absolute atomic E-state index is 6.05. The molecular weight excluding hydrogens is 230 g/mol. The van der Waals surface area contributed by atoms with Gasteiger partial charge in [-0.2, -0.15) is 4.37 Å². The fourth-order valence-electron chi connectivity index (χ4n) is 1.24. The first kappa shape index (κ1) is 10.4. The van der Waals surface area contributed by atoms with Crippen molar-refractivity contribution in [2.24, 2.45) is 0 Å². The van der Waals surface area contributed by atoms with Crippen molar-refractivity contribution in [3.05, 3.63) is 40.7 Å². The number of anilines is 1. The molecule has 0 fully saturated rings. The molecule has 0 aliphatic heterocycles. The summed E-state index contributed by atoms with van der Waals surface area (Å²) in [5.74, 6) is 0.803. The molecule has 2 aromatic rings. The lowest BCUT2D eigenvalue weighted by molar-refractivity contribution is 1.04. The van der Waals surface area contributed by atoms with Crippen LogP contribution in [0.1, 0.15) is 11.4 Å². The highest BCUT2D eigenvalue weighted by molar-refractivity contribution is 7.09. The number of rotatable bonds is 3. The molecule has 15 heavy (non-hydrogen) atoms. The van der Waals surface area contributed by atoms with Gasteiger partial charge in [-0.25, -0.2) is 4.98 Å². The lowest BCUT2D eigenvalue weighted by Gasteiger charge is -1.99. The first-order valence-electron chi connectivity index (χ1n) is 4.53. The van der Waals surface area contributed by atoms with Crippen LogP contribution in [0.5, 0.6) is 0 Å². The molecule has 0 amide bonds. The number of hydrogen-bond acceptors (Lipinski definition) is 4. The minimum Gasteiger partial charge on any atom is -0.363 e.